The average Bonchev–Trinajstić information content (AvgIpc) is 2.99. The van der Waals surface area contributed by atoms with E-state index in [2.05, 4.69) is 44.8 Å². The van der Waals surface area contributed by atoms with E-state index in [1.807, 2.05) is 0 Å². The van der Waals surface area contributed by atoms with Crippen molar-refractivity contribution in [2.24, 2.45) is 34.5 Å². The number of amides is 2. The molecule has 4 aliphatic rings. The first-order valence-electron chi connectivity index (χ1n) is 11.8. The van der Waals surface area contributed by atoms with Crippen LogP contribution in [0.1, 0.15) is 86.0 Å². The van der Waals surface area contributed by atoms with Crippen LogP contribution in [0.2, 0.25) is 0 Å². The summed E-state index contributed by atoms with van der Waals surface area (Å²) in [6.45, 7) is 12.0. The maximum absolute atomic E-state index is 12.9. The van der Waals surface area contributed by atoms with E-state index in [1.165, 1.54) is 25.7 Å². The number of hydrogen-bond acceptors (Lipinski definition) is 2. The molecule has 0 radical (unpaired) electrons. The lowest BCUT2D eigenvalue weighted by molar-refractivity contribution is -0.162. The normalized spacial score (nSPS) is 45.4. The molecule has 0 aromatic rings. The van der Waals surface area contributed by atoms with Crippen LogP contribution >= 0.6 is 0 Å². The van der Waals surface area contributed by atoms with Gasteiger partial charge in [-0.05, 0) is 94.3 Å². The molecule has 4 fully saturated rings. The Balaban J connectivity index is 1.58. The van der Waals surface area contributed by atoms with E-state index in [-0.39, 0.29) is 22.8 Å². The van der Waals surface area contributed by atoms with Crippen LogP contribution in [0, 0.1) is 34.5 Å². The highest BCUT2D eigenvalue weighted by molar-refractivity contribution is 5.80. The highest BCUT2D eigenvalue weighted by Crippen LogP contribution is 2.66. The second-order valence-electron chi connectivity index (χ2n) is 11.0. The molecule has 0 unspecified atom stereocenters. The molecular weight excluding hydrogens is 348 g/mol. The molecule has 1 saturated heterocycles. The maximum atomic E-state index is 12.9. The highest BCUT2D eigenvalue weighted by atomic mass is 16.2. The molecule has 158 valence electrons. The molecule has 3 aliphatic carbocycles. The van der Waals surface area contributed by atoms with E-state index in [9.17, 15) is 9.59 Å². The molecule has 1 N–H and O–H groups in total. The van der Waals surface area contributed by atoms with E-state index in [1.54, 1.807) is 0 Å². The zero-order valence-corrected chi connectivity index (χ0v) is 18.6. The molecule has 3 saturated carbocycles. The minimum absolute atomic E-state index is 0.165. The van der Waals surface area contributed by atoms with Crippen molar-refractivity contribution < 1.29 is 9.59 Å². The molecule has 1 heterocycles. The molecule has 4 rings (SSSR count). The van der Waals surface area contributed by atoms with Gasteiger partial charge in [-0.15, -0.1) is 0 Å². The van der Waals surface area contributed by atoms with Gasteiger partial charge in [-0.3, -0.25) is 9.59 Å². The smallest absolute Gasteiger partial charge is 0.223 e. The SMILES string of the molecule is CCN1C(=O)CC[C@]2(C)[C@H]3CC[C@]4(C)[C@@H](C(=O)NC(C)C)CC[C@H]4[C@@H]3CC[C@@H]12. The van der Waals surface area contributed by atoms with Gasteiger partial charge >= 0.3 is 0 Å². The van der Waals surface area contributed by atoms with Gasteiger partial charge in [-0.1, -0.05) is 13.8 Å². The summed E-state index contributed by atoms with van der Waals surface area (Å²) in [5, 5.41) is 3.20. The summed E-state index contributed by atoms with van der Waals surface area (Å²) >= 11 is 0. The first kappa shape index (κ1) is 20.2. The summed E-state index contributed by atoms with van der Waals surface area (Å²) < 4.78 is 0. The Morgan fingerprint density at radius 2 is 1.79 bits per heavy atom. The largest absolute Gasteiger partial charge is 0.354 e. The van der Waals surface area contributed by atoms with Crippen molar-refractivity contribution in [3.63, 3.8) is 0 Å². The van der Waals surface area contributed by atoms with Gasteiger partial charge in [-0.25, -0.2) is 0 Å². The number of nitrogens with zero attached hydrogens (tertiary/aromatic N) is 1. The zero-order valence-electron chi connectivity index (χ0n) is 18.6. The quantitative estimate of drug-likeness (QED) is 0.780. The van der Waals surface area contributed by atoms with Gasteiger partial charge in [0.15, 0.2) is 0 Å². The fourth-order valence-corrected chi connectivity index (χ4v) is 8.21. The molecule has 0 bridgehead atoms. The predicted octanol–water partition coefficient (Wildman–Crippen LogP) is 4.38. The fraction of sp³-hybridized carbons (Fsp3) is 0.917. The van der Waals surface area contributed by atoms with Crippen molar-refractivity contribution in [3.8, 4) is 0 Å². The number of nitrogens with one attached hydrogen (secondary N) is 1. The van der Waals surface area contributed by atoms with Crippen LogP contribution in [0.15, 0.2) is 0 Å². The summed E-state index contributed by atoms with van der Waals surface area (Å²) in [7, 11) is 0. The summed E-state index contributed by atoms with van der Waals surface area (Å²) in [5.41, 5.74) is 0.435. The van der Waals surface area contributed by atoms with Crippen LogP contribution < -0.4 is 5.32 Å². The van der Waals surface area contributed by atoms with Crippen LogP contribution in [0.3, 0.4) is 0 Å². The molecular formula is C24H40N2O2. The van der Waals surface area contributed by atoms with Crippen LogP contribution in [0.4, 0.5) is 0 Å². The fourth-order valence-electron chi connectivity index (χ4n) is 8.21. The average molecular weight is 389 g/mol. The van der Waals surface area contributed by atoms with Crippen molar-refractivity contribution in [1.29, 1.82) is 0 Å². The Morgan fingerprint density at radius 3 is 2.46 bits per heavy atom. The van der Waals surface area contributed by atoms with Gasteiger partial charge in [-0.2, -0.15) is 0 Å². The van der Waals surface area contributed by atoms with Gasteiger partial charge < -0.3 is 10.2 Å². The van der Waals surface area contributed by atoms with Crippen molar-refractivity contribution in [2.75, 3.05) is 6.54 Å². The second-order valence-corrected chi connectivity index (χ2v) is 11.0. The lowest BCUT2D eigenvalue weighted by Gasteiger charge is -2.62. The van der Waals surface area contributed by atoms with Gasteiger partial charge in [0.1, 0.15) is 0 Å². The van der Waals surface area contributed by atoms with Crippen molar-refractivity contribution in [3.05, 3.63) is 0 Å². The summed E-state index contributed by atoms with van der Waals surface area (Å²) in [6, 6.07) is 0.659. The van der Waals surface area contributed by atoms with Crippen LogP contribution in [0.25, 0.3) is 0 Å². The van der Waals surface area contributed by atoms with E-state index in [0.717, 1.165) is 44.1 Å². The van der Waals surface area contributed by atoms with Gasteiger partial charge in [0.25, 0.3) is 0 Å². The number of rotatable bonds is 3. The third-order valence-electron chi connectivity index (χ3n) is 9.48. The van der Waals surface area contributed by atoms with E-state index < -0.39 is 0 Å². The number of carbonyl (C=O) groups excluding carboxylic acids is 2. The number of hydrogen-bond donors (Lipinski definition) is 1. The summed E-state index contributed by atoms with van der Waals surface area (Å²) in [6.07, 6.45) is 8.88. The van der Waals surface area contributed by atoms with Crippen LogP contribution in [-0.2, 0) is 9.59 Å². The number of likely N-dealkylation sites (tertiary alicyclic amines) is 1. The topological polar surface area (TPSA) is 49.4 Å². The first-order valence-corrected chi connectivity index (χ1v) is 11.8. The van der Waals surface area contributed by atoms with Gasteiger partial charge in [0.2, 0.25) is 11.8 Å². The highest BCUT2D eigenvalue weighted by Gasteiger charge is 2.62. The maximum Gasteiger partial charge on any atom is 0.223 e. The van der Waals surface area contributed by atoms with Crippen molar-refractivity contribution >= 4 is 11.8 Å². The molecule has 0 spiro atoms. The Bertz CT molecular complexity index is 647. The van der Waals surface area contributed by atoms with Crippen LogP contribution in [0.5, 0.6) is 0 Å². The minimum Gasteiger partial charge on any atom is -0.354 e. The van der Waals surface area contributed by atoms with Gasteiger partial charge in [0, 0.05) is 31.0 Å². The summed E-state index contributed by atoms with van der Waals surface area (Å²) in [4.78, 5) is 27.6. The molecule has 1 aliphatic heterocycles. The third kappa shape index (κ3) is 2.84. The molecule has 0 aromatic heterocycles. The first-order chi connectivity index (χ1) is 13.2. The Labute approximate surface area is 171 Å². The molecule has 7 atom stereocenters. The van der Waals surface area contributed by atoms with Gasteiger partial charge in [0.05, 0.1) is 0 Å². The Morgan fingerprint density at radius 1 is 1.07 bits per heavy atom. The van der Waals surface area contributed by atoms with E-state index in [0.29, 0.717) is 23.8 Å². The molecule has 0 aromatic carbocycles. The molecule has 4 heteroatoms. The lowest BCUT2D eigenvalue weighted by atomic mass is 9.47. The van der Waals surface area contributed by atoms with Crippen LogP contribution in [-0.4, -0.2) is 35.3 Å². The minimum atomic E-state index is 0.165. The zero-order chi connectivity index (χ0) is 20.3. The summed E-state index contributed by atoms with van der Waals surface area (Å²) in [5.74, 6) is 2.99. The van der Waals surface area contributed by atoms with E-state index >= 15 is 0 Å². The Kier molecular flexibility index (Phi) is 5.07. The van der Waals surface area contributed by atoms with E-state index in [4.69, 9.17) is 0 Å². The molecule has 28 heavy (non-hydrogen) atoms. The Hall–Kier alpha value is -1.06. The second kappa shape index (κ2) is 7.02. The molecule has 4 nitrogen and oxygen atoms in total. The lowest BCUT2D eigenvalue weighted by Crippen LogP contribution is -2.62. The van der Waals surface area contributed by atoms with Crippen molar-refractivity contribution in [2.45, 2.75) is 98.1 Å². The predicted molar refractivity (Wildman–Crippen MR) is 112 cm³/mol. The third-order valence-corrected chi connectivity index (χ3v) is 9.48. The standard InChI is InChI=1S/C24H40N2O2/c1-6-26-20-10-7-16-17-8-9-19(22(28)25-15(2)3)23(17,4)13-11-18(16)24(20,5)14-12-21(26)27/h15-20H,6-14H2,1-5H3,(H,25,28)/t16-,17-,18-,19+,20+,23-,24+/m0/s1. The monoisotopic (exact) mass is 388 g/mol. The van der Waals surface area contributed by atoms with Crippen molar-refractivity contribution in [1.82, 2.24) is 10.2 Å². The molecule has 2 amide bonds. The number of carbonyl (C=O) groups is 2. The number of fused-ring (bicyclic) bond motifs is 5. The number of piperidine rings is 1.